The van der Waals surface area contributed by atoms with E-state index in [-0.39, 0.29) is 31.8 Å². The Bertz CT molecular complexity index is 245. The predicted molar refractivity (Wildman–Crippen MR) is 66.2 cm³/mol. The fourth-order valence-corrected chi connectivity index (χ4v) is 1.34. The van der Waals surface area contributed by atoms with Crippen LogP contribution in [0.3, 0.4) is 0 Å². The molecule has 0 saturated carbocycles. The molecule has 1 atom stereocenters. The van der Waals surface area contributed by atoms with Crippen LogP contribution in [0.15, 0.2) is 0 Å². The zero-order valence-corrected chi connectivity index (χ0v) is 11.1. The average Bonchev–Trinajstić information content (AvgIpc) is 2.29. The van der Waals surface area contributed by atoms with Crippen LogP contribution in [0.1, 0.15) is 39.5 Å². The lowest BCUT2D eigenvalue weighted by Crippen LogP contribution is -2.37. The summed E-state index contributed by atoms with van der Waals surface area (Å²) in [4.78, 5) is 21.4. The summed E-state index contributed by atoms with van der Waals surface area (Å²) in [5.74, 6) is -1.08. The number of carboxylic acids is 1. The van der Waals surface area contributed by atoms with E-state index in [2.05, 4.69) is 12.2 Å². The number of ether oxygens (including phenoxy) is 2. The van der Waals surface area contributed by atoms with Crippen molar-refractivity contribution in [2.75, 3.05) is 20.0 Å². The molecule has 2 N–H and O–H groups in total. The molecule has 0 aliphatic heterocycles. The molecule has 0 bridgehead atoms. The van der Waals surface area contributed by atoms with E-state index in [1.807, 2.05) is 0 Å². The molecular weight excluding hydrogens is 238 g/mol. The van der Waals surface area contributed by atoms with Crippen LogP contribution in [0, 0.1) is 0 Å². The standard InChI is InChI=1S/C12H23NO5/c1-3-4-7-17-9-18-8-11(13-10(2)14)5-6-12(15)16/h11H,3-9H2,1-2H3,(H,13,14)(H,15,16). The summed E-state index contributed by atoms with van der Waals surface area (Å²) in [6, 6.07) is -0.284. The van der Waals surface area contributed by atoms with Gasteiger partial charge in [-0.05, 0) is 12.8 Å². The van der Waals surface area contributed by atoms with Crippen LogP contribution in [0.5, 0.6) is 0 Å². The molecule has 6 nitrogen and oxygen atoms in total. The topological polar surface area (TPSA) is 84.9 Å². The highest BCUT2D eigenvalue weighted by Crippen LogP contribution is 1.99. The van der Waals surface area contributed by atoms with Gasteiger partial charge in [0.1, 0.15) is 6.79 Å². The molecule has 0 aliphatic carbocycles. The maximum Gasteiger partial charge on any atom is 0.303 e. The lowest BCUT2D eigenvalue weighted by atomic mass is 10.1. The summed E-state index contributed by atoms with van der Waals surface area (Å²) >= 11 is 0. The minimum Gasteiger partial charge on any atom is -0.481 e. The summed E-state index contributed by atoms with van der Waals surface area (Å²) in [7, 11) is 0. The number of unbranched alkanes of at least 4 members (excludes halogenated alkanes) is 1. The highest BCUT2D eigenvalue weighted by atomic mass is 16.7. The largest absolute Gasteiger partial charge is 0.481 e. The van der Waals surface area contributed by atoms with Gasteiger partial charge < -0.3 is 19.9 Å². The van der Waals surface area contributed by atoms with Crippen LogP contribution in [0.25, 0.3) is 0 Å². The number of hydrogen-bond acceptors (Lipinski definition) is 4. The minimum absolute atomic E-state index is 0.00496. The van der Waals surface area contributed by atoms with Gasteiger partial charge >= 0.3 is 5.97 Å². The lowest BCUT2D eigenvalue weighted by Gasteiger charge is -2.17. The Morgan fingerprint density at radius 2 is 2.06 bits per heavy atom. The van der Waals surface area contributed by atoms with E-state index in [4.69, 9.17) is 14.6 Å². The van der Waals surface area contributed by atoms with Gasteiger partial charge in [-0.3, -0.25) is 9.59 Å². The third-order valence-electron chi connectivity index (χ3n) is 2.24. The zero-order chi connectivity index (χ0) is 13.8. The molecule has 1 unspecified atom stereocenters. The number of aliphatic carboxylic acids is 1. The summed E-state index contributed by atoms with van der Waals surface area (Å²) < 4.78 is 10.4. The molecule has 106 valence electrons. The summed E-state index contributed by atoms with van der Waals surface area (Å²) in [5.41, 5.74) is 0. The summed E-state index contributed by atoms with van der Waals surface area (Å²) in [6.07, 6.45) is 2.40. The van der Waals surface area contributed by atoms with Gasteiger partial charge in [-0.15, -0.1) is 0 Å². The number of carbonyl (C=O) groups is 2. The lowest BCUT2D eigenvalue weighted by molar-refractivity contribution is -0.137. The van der Waals surface area contributed by atoms with Crippen LogP contribution >= 0.6 is 0 Å². The van der Waals surface area contributed by atoms with Crippen LogP contribution in [-0.4, -0.2) is 43.0 Å². The van der Waals surface area contributed by atoms with Crippen LogP contribution < -0.4 is 5.32 Å². The molecule has 6 heteroatoms. The SMILES string of the molecule is CCCCOCOCC(CCC(=O)O)NC(C)=O. The number of hydrogen-bond donors (Lipinski definition) is 2. The van der Waals surface area contributed by atoms with Crippen molar-refractivity contribution in [2.45, 2.75) is 45.6 Å². The van der Waals surface area contributed by atoms with Crippen molar-refractivity contribution in [3.05, 3.63) is 0 Å². The molecule has 1 amide bonds. The average molecular weight is 261 g/mol. The van der Waals surface area contributed by atoms with Crippen LogP contribution in [0.4, 0.5) is 0 Å². The van der Waals surface area contributed by atoms with E-state index >= 15 is 0 Å². The van der Waals surface area contributed by atoms with E-state index in [0.717, 1.165) is 12.8 Å². The first-order chi connectivity index (χ1) is 8.56. The third-order valence-corrected chi connectivity index (χ3v) is 2.24. The molecule has 0 aromatic carbocycles. The Kier molecular flexibility index (Phi) is 10.3. The van der Waals surface area contributed by atoms with Crippen molar-refractivity contribution in [1.29, 1.82) is 0 Å². The molecule has 0 spiro atoms. The smallest absolute Gasteiger partial charge is 0.303 e. The van der Waals surface area contributed by atoms with Crippen molar-refractivity contribution in [1.82, 2.24) is 5.32 Å². The Morgan fingerprint density at radius 3 is 2.61 bits per heavy atom. The van der Waals surface area contributed by atoms with Crippen molar-refractivity contribution in [3.8, 4) is 0 Å². The molecule has 0 fully saturated rings. The van der Waals surface area contributed by atoms with E-state index in [9.17, 15) is 9.59 Å². The van der Waals surface area contributed by atoms with Gasteiger partial charge in [0.2, 0.25) is 5.91 Å². The Labute approximate surface area is 108 Å². The van der Waals surface area contributed by atoms with Gasteiger partial charge in [0, 0.05) is 20.0 Å². The van der Waals surface area contributed by atoms with Gasteiger partial charge in [-0.2, -0.15) is 0 Å². The minimum atomic E-state index is -0.885. The van der Waals surface area contributed by atoms with Gasteiger partial charge in [-0.1, -0.05) is 13.3 Å². The molecule has 0 saturated heterocycles. The fraction of sp³-hybridized carbons (Fsp3) is 0.833. The monoisotopic (exact) mass is 261 g/mol. The van der Waals surface area contributed by atoms with Gasteiger partial charge in [0.05, 0.1) is 12.6 Å². The van der Waals surface area contributed by atoms with Gasteiger partial charge in [-0.25, -0.2) is 0 Å². The number of rotatable bonds is 11. The molecule has 0 aromatic heterocycles. The maximum atomic E-state index is 10.9. The van der Waals surface area contributed by atoms with E-state index in [0.29, 0.717) is 13.0 Å². The van der Waals surface area contributed by atoms with Gasteiger partial charge in [0.25, 0.3) is 0 Å². The molecular formula is C12H23NO5. The second-order valence-corrected chi connectivity index (χ2v) is 4.08. The molecule has 0 rings (SSSR count). The number of amides is 1. The molecule has 18 heavy (non-hydrogen) atoms. The van der Waals surface area contributed by atoms with Crippen LogP contribution in [-0.2, 0) is 19.1 Å². The number of nitrogens with one attached hydrogen (secondary N) is 1. The predicted octanol–water partition coefficient (Wildman–Crippen LogP) is 1.15. The second kappa shape index (κ2) is 11.0. The van der Waals surface area contributed by atoms with Crippen molar-refractivity contribution in [2.24, 2.45) is 0 Å². The Morgan fingerprint density at radius 1 is 1.33 bits per heavy atom. The van der Waals surface area contributed by atoms with E-state index in [1.165, 1.54) is 6.92 Å². The second-order valence-electron chi connectivity index (χ2n) is 4.08. The third kappa shape index (κ3) is 11.3. The number of carboxylic acid groups (broad SMARTS) is 1. The first-order valence-corrected chi connectivity index (χ1v) is 6.20. The Hall–Kier alpha value is -1.14. The normalized spacial score (nSPS) is 12.1. The quantitative estimate of drug-likeness (QED) is 0.430. The molecule has 0 aliphatic rings. The van der Waals surface area contributed by atoms with Crippen LogP contribution in [0.2, 0.25) is 0 Å². The summed E-state index contributed by atoms with van der Waals surface area (Å²) in [6.45, 7) is 4.55. The highest BCUT2D eigenvalue weighted by molar-refractivity contribution is 5.73. The summed E-state index contributed by atoms with van der Waals surface area (Å²) in [5, 5.41) is 11.2. The number of carbonyl (C=O) groups excluding carboxylic acids is 1. The molecule has 0 aromatic rings. The Balaban J connectivity index is 3.71. The molecule has 0 heterocycles. The van der Waals surface area contributed by atoms with Gasteiger partial charge in [0.15, 0.2) is 0 Å². The first-order valence-electron chi connectivity index (χ1n) is 6.20. The first kappa shape index (κ1) is 16.9. The van der Waals surface area contributed by atoms with Crippen molar-refractivity contribution >= 4 is 11.9 Å². The van der Waals surface area contributed by atoms with Crippen molar-refractivity contribution < 1.29 is 24.2 Å². The highest BCUT2D eigenvalue weighted by Gasteiger charge is 2.12. The maximum absolute atomic E-state index is 10.9. The zero-order valence-electron chi connectivity index (χ0n) is 11.1. The fourth-order valence-electron chi connectivity index (χ4n) is 1.34. The van der Waals surface area contributed by atoms with Crippen molar-refractivity contribution in [3.63, 3.8) is 0 Å². The van der Waals surface area contributed by atoms with E-state index < -0.39 is 5.97 Å². The van der Waals surface area contributed by atoms with E-state index in [1.54, 1.807) is 0 Å². The molecule has 0 radical (unpaired) electrons.